The lowest BCUT2D eigenvalue weighted by Crippen LogP contribution is -2.36. The monoisotopic (exact) mass is 302 g/mol. The number of rotatable bonds is 1. The second kappa shape index (κ2) is 5.30. The fourth-order valence-electron chi connectivity index (χ4n) is 2.59. The minimum atomic E-state index is -0.117. The molecule has 1 heterocycles. The Morgan fingerprint density at radius 1 is 1.19 bits per heavy atom. The van der Waals surface area contributed by atoms with Crippen molar-refractivity contribution in [3.05, 3.63) is 58.1 Å². The zero-order valence-electron chi connectivity index (χ0n) is 11.3. The first-order chi connectivity index (χ1) is 10.0. The Morgan fingerprint density at radius 2 is 2.00 bits per heavy atom. The summed E-state index contributed by atoms with van der Waals surface area (Å²) in [6.45, 7) is 1.11. The summed E-state index contributed by atoms with van der Waals surface area (Å²) < 4.78 is 0. The minimum absolute atomic E-state index is 0.117. The molecule has 0 aliphatic carbocycles. The minimum Gasteiger partial charge on any atom is -0.508 e. The first-order valence-electron chi connectivity index (χ1n) is 6.69. The Bertz CT molecular complexity index is 715. The summed E-state index contributed by atoms with van der Waals surface area (Å²) >= 11 is 6.10. The summed E-state index contributed by atoms with van der Waals surface area (Å²) in [4.78, 5) is 14.3. The zero-order valence-corrected chi connectivity index (χ0v) is 12.1. The van der Waals surface area contributed by atoms with Crippen molar-refractivity contribution >= 4 is 23.2 Å². The van der Waals surface area contributed by atoms with Crippen molar-refractivity contribution in [2.75, 3.05) is 12.3 Å². The Balaban J connectivity index is 1.87. The second-order valence-electron chi connectivity index (χ2n) is 5.17. The van der Waals surface area contributed by atoms with Crippen LogP contribution in [0.2, 0.25) is 5.02 Å². The SMILES string of the molecule is Nc1ccc(C(=O)N2CCc3ccc(O)cc3C2)c(Cl)c1. The molecule has 5 heteroatoms. The van der Waals surface area contributed by atoms with Gasteiger partial charge in [0.2, 0.25) is 0 Å². The number of anilines is 1. The quantitative estimate of drug-likeness (QED) is 0.796. The molecule has 0 saturated heterocycles. The lowest BCUT2D eigenvalue weighted by Gasteiger charge is -2.29. The second-order valence-corrected chi connectivity index (χ2v) is 5.58. The average Bonchev–Trinajstić information content (AvgIpc) is 2.46. The number of amides is 1. The van der Waals surface area contributed by atoms with Crippen molar-refractivity contribution in [2.45, 2.75) is 13.0 Å². The van der Waals surface area contributed by atoms with Gasteiger partial charge in [-0.05, 0) is 47.9 Å². The number of nitrogens with two attached hydrogens (primary N) is 1. The van der Waals surface area contributed by atoms with Crippen molar-refractivity contribution in [2.24, 2.45) is 0 Å². The van der Waals surface area contributed by atoms with Gasteiger partial charge in [-0.15, -0.1) is 0 Å². The number of nitrogen functional groups attached to an aromatic ring is 1. The van der Waals surface area contributed by atoms with Gasteiger partial charge in [-0.25, -0.2) is 0 Å². The molecule has 0 atom stereocenters. The van der Waals surface area contributed by atoms with Gasteiger partial charge >= 0.3 is 0 Å². The van der Waals surface area contributed by atoms with Crippen molar-refractivity contribution in [1.29, 1.82) is 0 Å². The van der Waals surface area contributed by atoms with Crippen molar-refractivity contribution < 1.29 is 9.90 Å². The van der Waals surface area contributed by atoms with Gasteiger partial charge < -0.3 is 15.7 Å². The molecule has 1 aliphatic heterocycles. The third kappa shape index (κ3) is 2.67. The number of halogens is 1. The number of phenols is 1. The predicted molar refractivity (Wildman–Crippen MR) is 82.4 cm³/mol. The first kappa shape index (κ1) is 13.8. The summed E-state index contributed by atoms with van der Waals surface area (Å²) in [5, 5.41) is 9.93. The number of nitrogens with zero attached hydrogens (tertiary/aromatic N) is 1. The Labute approximate surface area is 127 Å². The molecule has 3 rings (SSSR count). The Hall–Kier alpha value is -2.20. The van der Waals surface area contributed by atoms with Crippen LogP contribution in [0.4, 0.5) is 5.69 Å². The normalized spacial score (nSPS) is 13.9. The van der Waals surface area contributed by atoms with Gasteiger partial charge in [0, 0.05) is 18.8 Å². The molecule has 0 radical (unpaired) electrons. The van der Waals surface area contributed by atoms with E-state index in [1.807, 2.05) is 6.07 Å². The highest BCUT2D eigenvalue weighted by atomic mass is 35.5. The number of fused-ring (bicyclic) bond motifs is 1. The van der Waals surface area contributed by atoms with E-state index in [1.165, 1.54) is 5.56 Å². The van der Waals surface area contributed by atoms with Crippen LogP contribution in [0.1, 0.15) is 21.5 Å². The van der Waals surface area contributed by atoms with Crippen LogP contribution in [0.3, 0.4) is 0 Å². The number of phenolic OH excluding ortho intramolecular Hbond substituents is 1. The molecule has 108 valence electrons. The number of carbonyl (C=O) groups excluding carboxylic acids is 1. The third-order valence-electron chi connectivity index (χ3n) is 3.71. The summed E-state index contributed by atoms with van der Waals surface area (Å²) in [6.07, 6.45) is 0.772. The predicted octanol–water partition coefficient (Wildman–Crippen LogP) is 2.83. The van der Waals surface area contributed by atoms with Gasteiger partial charge in [0.1, 0.15) is 5.75 Å². The maximum atomic E-state index is 12.6. The number of hydrogen-bond donors (Lipinski definition) is 2. The van der Waals surface area contributed by atoms with Crippen molar-refractivity contribution in [3.63, 3.8) is 0 Å². The van der Waals surface area contributed by atoms with Gasteiger partial charge in [0.05, 0.1) is 10.6 Å². The summed E-state index contributed by atoms with van der Waals surface area (Å²) in [6, 6.07) is 10.2. The molecule has 0 unspecified atom stereocenters. The molecule has 0 bridgehead atoms. The van der Waals surface area contributed by atoms with Gasteiger partial charge in [-0.1, -0.05) is 17.7 Å². The number of benzene rings is 2. The molecule has 0 spiro atoms. The lowest BCUT2D eigenvalue weighted by molar-refractivity contribution is 0.0734. The van der Waals surface area contributed by atoms with E-state index < -0.39 is 0 Å². The fourth-order valence-corrected chi connectivity index (χ4v) is 2.86. The van der Waals surface area contributed by atoms with Crippen LogP contribution in [0.5, 0.6) is 5.75 Å². The van der Waals surface area contributed by atoms with E-state index in [-0.39, 0.29) is 11.7 Å². The molecule has 1 aliphatic rings. The lowest BCUT2D eigenvalue weighted by atomic mass is 9.99. The van der Waals surface area contributed by atoms with E-state index in [0.29, 0.717) is 29.4 Å². The maximum Gasteiger partial charge on any atom is 0.255 e. The molecule has 21 heavy (non-hydrogen) atoms. The Kier molecular flexibility index (Phi) is 3.47. The fraction of sp³-hybridized carbons (Fsp3) is 0.188. The van der Waals surface area contributed by atoms with Gasteiger partial charge in [0.15, 0.2) is 0 Å². The van der Waals surface area contributed by atoms with Crippen molar-refractivity contribution in [1.82, 2.24) is 4.90 Å². The first-order valence-corrected chi connectivity index (χ1v) is 7.07. The highest BCUT2D eigenvalue weighted by Crippen LogP contribution is 2.26. The summed E-state index contributed by atoms with van der Waals surface area (Å²) in [5.74, 6) is 0.0996. The largest absolute Gasteiger partial charge is 0.508 e. The van der Waals surface area contributed by atoms with E-state index in [1.54, 1.807) is 35.2 Å². The third-order valence-corrected chi connectivity index (χ3v) is 4.03. The van der Waals surface area contributed by atoms with Crippen LogP contribution < -0.4 is 5.73 Å². The Morgan fingerprint density at radius 3 is 2.76 bits per heavy atom. The molecule has 2 aromatic rings. The smallest absolute Gasteiger partial charge is 0.255 e. The molecule has 0 aromatic heterocycles. The van der Waals surface area contributed by atoms with Crippen molar-refractivity contribution in [3.8, 4) is 5.75 Å². The molecule has 3 N–H and O–H groups in total. The number of carbonyl (C=O) groups is 1. The molecular formula is C16H15ClN2O2. The van der Waals surface area contributed by atoms with Crippen LogP contribution in [0.15, 0.2) is 36.4 Å². The average molecular weight is 303 g/mol. The van der Waals surface area contributed by atoms with Crippen LogP contribution in [-0.4, -0.2) is 22.5 Å². The number of aromatic hydroxyl groups is 1. The standard InChI is InChI=1S/C16H15ClN2O2/c17-15-8-12(18)2-4-14(15)16(21)19-6-5-10-1-3-13(20)7-11(10)9-19/h1-4,7-8,20H,5-6,9,18H2. The van der Waals surface area contributed by atoms with Crippen LogP contribution in [0.25, 0.3) is 0 Å². The van der Waals surface area contributed by atoms with Crippen LogP contribution in [-0.2, 0) is 13.0 Å². The highest BCUT2D eigenvalue weighted by Gasteiger charge is 2.23. The zero-order chi connectivity index (χ0) is 15.0. The maximum absolute atomic E-state index is 12.6. The highest BCUT2D eigenvalue weighted by molar-refractivity contribution is 6.34. The van der Waals surface area contributed by atoms with Crippen LogP contribution in [0, 0.1) is 0 Å². The molecular weight excluding hydrogens is 288 g/mol. The molecule has 0 fully saturated rings. The number of hydrogen-bond acceptors (Lipinski definition) is 3. The molecule has 2 aromatic carbocycles. The summed E-state index contributed by atoms with van der Waals surface area (Å²) in [7, 11) is 0. The van der Waals surface area contributed by atoms with Gasteiger partial charge in [0.25, 0.3) is 5.91 Å². The summed E-state index contributed by atoms with van der Waals surface area (Å²) in [5.41, 5.74) is 8.78. The molecule has 1 amide bonds. The molecule has 0 saturated carbocycles. The van der Waals surface area contributed by atoms with E-state index in [0.717, 1.165) is 12.0 Å². The van der Waals surface area contributed by atoms with Gasteiger partial charge in [-0.3, -0.25) is 4.79 Å². The van der Waals surface area contributed by atoms with Crippen LogP contribution >= 0.6 is 11.6 Å². The van der Waals surface area contributed by atoms with E-state index >= 15 is 0 Å². The topological polar surface area (TPSA) is 66.6 Å². The molecule has 4 nitrogen and oxygen atoms in total. The van der Waals surface area contributed by atoms with E-state index in [4.69, 9.17) is 17.3 Å². The van der Waals surface area contributed by atoms with E-state index in [2.05, 4.69) is 0 Å². The van der Waals surface area contributed by atoms with E-state index in [9.17, 15) is 9.90 Å². The van der Waals surface area contributed by atoms with Gasteiger partial charge in [-0.2, -0.15) is 0 Å².